The summed E-state index contributed by atoms with van der Waals surface area (Å²) in [7, 11) is 1.54. The lowest BCUT2D eigenvalue weighted by atomic mass is 10.2. The molecule has 3 N–H and O–H groups in total. The van der Waals surface area contributed by atoms with Gasteiger partial charge in [-0.25, -0.2) is 4.79 Å². The number of nitrogens with one attached hydrogen (secondary N) is 2. The molecule has 0 radical (unpaired) electrons. The van der Waals surface area contributed by atoms with Crippen LogP contribution < -0.4 is 10.6 Å². The molecule has 1 unspecified atom stereocenters. The minimum Gasteiger partial charge on any atom is -0.467 e. The molecule has 2 amide bonds. The second-order valence-electron chi connectivity index (χ2n) is 3.15. The first-order chi connectivity index (χ1) is 7.77. The number of carbonyl (C=O) groups excluding carboxylic acids is 1. The van der Waals surface area contributed by atoms with E-state index in [1.165, 1.54) is 6.26 Å². The first kappa shape index (κ1) is 12.5. The molecule has 0 aromatic carbocycles. The monoisotopic (exact) mass is 228 g/mol. The van der Waals surface area contributed by atoms with Crippen molar-refractivity contribution in [2.75, 3.05) is 26.9 Å². The largest absolute Gasteiger partial charge is 0.467 e. The maximum absolute atomic E-state index is 11.4. The van der Waals surface area contributed by atoms with Crippen LogP contribution in [0.4, 0.5) is 4.79 Å². The van der Waals surface area contributed by atoms with Gasteiger partial charge in [0.25, 0.3) is 0 Å². The Morgan fingerprint density at radius 1 is 1.69 bits per heavy atom. The molecule has 0 aliphatic carbocycles. The molecule has 0 fully saturated rings. The quantitative estimate of drug-likeness (QED) is 0.652. The summed E-state index contributed by atoms with van der Waals surface area (Å²) in [6.45, 7) is 0.437. The molecule has 1 heterocycles. The van der Waals surface area contributed by atoms with Gasteiger partial charge in [0.15, 0.2) is 0 Å². The molecule has 16 heavy (non-hydrogen) atoms. The van der Waals surface area contributed by atoms with Gasteiger partial charge in [0, 0.05) is 13.7 Å². The van der Waals surface area contributed by atoms with E-state index in [-0.39, 0.29) is 25.2 Å². The minimum atomic E-state index is -0.368. The summed E-state index contributed by atoms with van der Waals surface area (Å²) in [5.74, 6) is 0.626. The van der Waals surface area contributed by atoms with Gasteiger partial charge < -0.3 is 24.9 Å². The molecule has 6 heteroatoms. The van der Waals surface area contributed by atoms with Crippen molar-refractivity contribution in [1.29, 1.82) is 0 Å². The number of aliphatic hydroxyl groups excluding tert-OH is 1. The molecule has 0 saturated carbocycles. The van der Waals surface area contributed by atoms with E-state index in [1.807, 2.05) is 0 Å². The zero-order valence-electron chi connectivity index (χ0n) is 9.10. The van der Waals surface area contributed by atoms with Crippen LogP contribution in [0.2, 0.25) is 0 Å². The molecule has 1 aromatic rings. The fourth-order valence-electron chi connectivity index (χ4n) is 1.23. The molecule has 0 bridgehead atoms. The number of aliphatic hydroxyl groups is 1. The minimum absolute atomic E-state index is 0.0941. The highest BCUT2D eigenvalue weighted by Crippen LogP contribution is 2.13. The van der Waals surface area contributed by atoms with Gasteiger partial charge in [-0.2, -0.15) is 0 Å². The van der Waals surface area contributed by atoms with Crippen molar-refractivity contribution in [2.24, 2.45) is 0 Å². The molecule has 0 saturated heterocycles. The van der Waals surface area contributed by atoms with E-state index in [0.717, 1.165) is 0 Å². The van der Waals surface area contributed by atoms with E-state index in [1.54, 1.807) is 19.2 Å². The zero-order valence-corrected chi connectivity index (χ0v) is 9.10. The van der Waals surface area contributed by atoms with Crippen molar-refractivity contribution >= 4 is 6.03 Å². The predicted molar refractivity (Wildman–Crippen MR) is 56.9 cm³/mol. The van der Waals surface area contributed by atoms with Crippen LogP contribution in [0.15, 0.2) is 22.8 Å². The molecule has 1 rings (SSSR count). The summed E-state index contributed by atoms with van der Waals surface area (Å²) in [5.41, 5.74) is 0. The van der Waals surface area contributed by atoms with Crippen molar-refractivity contribution in [2.45, 2.75) is 6.04 Å². The van der Waals surface area contributed by atoms with Gasteiger partial charge in [0.2, 0.25) is 0 Å². The van der Waals surface area contributed by atoms with Crippen molar-refractivity contribution in [1.82, 2.24) is 10.6 Å². The summed E-state index contributed by atoms with van der Waals surface area (Å²) >= 11 is 0. The standard InChI is InChI=1S/C10H16N2O4/c1-15-7-8(9-3-2-6-16-9)12-10(14)11-4-5-13/h2-3,6,8,13H,4-5,7H2,1H3,(H2,11,12,14). The number of methoxy groups -OCH3 is 1. The van der Waals surface area contributed by atoms with Gasteiger partial charge in [0.1, 0.15) is 11.8 Å². The maximum atomic E-state index is 11.4. The smallest absolute Gasteiger partial charge is 0.315 e. The normalized spacial score (nSPS) is 12.1. The highest BCUT2D eigenvalue weighted by atomic mass is 16.5. The summed E-state index contributed by atoms with van der Waals surface area (Å²) in [5, 5.41) is 13.7. The first-order valence-electron chi connectivity index (χ1n) is 4.95. The molecule has 0 aliphatic heterocycles. The number of carbonyl (C=O) groups is 1. The molecular weight excluding hydrogens is 212 g/mol. The third-order valence-corrected chi connectivity index (χ3v) is 1.92. The molecule has 0 spiro atoms. The van der Waals surface area contributed by atoms with Gasteiger partial charge in [-0.1, -0.05) is 0 Å². The lowest BCUT2D eigenvalue weighted by Gasteiger charge is -2.15. The molecule has 0 aliphatic rings. The molecule has 90 valence electrons. The fourth-order valence-corrected chi connectivity index (χ4v) is 1.23. The van der Waals surface area contributed by atoms with Crippen molar-refractivity contribution in [3.8, 4) is 0 Å². The van der Waals surface area contributed by atoms with E-state index in [0.29, 0.717) is 12.4 Å². The third kappa shape index (κ3) is 3.92. The van der Waals surface area contributed by atoms with Gasteiger partial charge in [-0.3, -0.25) is 0 Å². The lowest BCUT2D eigenvalue weighted by molar-refractivity contribution is 0.156. The number of urea groups is 1. The Morgan fingerprint density at radius 3 is 3.06 bits per heavy atom. The number of furan rings is 1. The summed E-state index contributed by atoms with van der Waals surface area (Å²) in [6, 6.07) is 2.80. The van der Waals surface area contributed by atoms with Gasteiger partial charge in [-0.05, 0) is 12.1 Å². The number of rotatable bonds is 6. The zero-order chi connectivity index (χ0) is 11.8. The van der Waals surface area contributed by atoms with Crippen molar-refractivity contribution < 1.29 is 19.1 Å². The second-order valence-corrected chi connectivity index (χ2v) is 3.15. The van der Waals surface area contributed by atoms with E-state index in [4.69, 9.17) is 14.3 Å². The summed E-state index contributed by atoms with van der Waals surface area (Å²) in [6.07, 6.45) is 1.53. The lowest BCUT2D eigenvalue weighted by Crippen LogP contribution is -2.40. The average molecular weight is 228 g/mol. The van der Waals surface area contributed by atoms with E-state index in [2.05, 4.69) is 10.6 Å². The van der Waals surface area contributed by atoms with Crippen LogP contribution in [0.1, 0.15) is 11.8 Å². The first-order valence-corrected chi connectivity index (χ1v) is 4.95. The van der Waals surface area contributed by atoms with Crippen LogP contribution in [-0.4, -0.2) is 38.0 Å². The topological polar surface area (TPSA) is 83.7 Å². The maximum Gasteiger partial charge on any atom is 0.315 e. The van der Waals surface area contributed by atoms with E-state index in [9.17, 15) is 4.79 Å². The van der Waals surface area contributed by atoms with Gasteiger partial charge >= 0.3 is 6.03 Å². The number of hydrogen-bond acceptors (Lipinski definition) is 4. The van der Waals surface area contributed by atoms with Crippen LogP contribution >= 0.6 is 0 Å². The van der Waals surface area contributed by atoms with Gasteiger partial charge in [-0.15, -0.1) is 0 Å². The SMILES string of the molecule is COCC(NC(=O)NCCO)c1ccco1. The van der Waals surface area contributed by atoms with Gasteiger partial charge in [0.05, 0.1) is 19.5 Å². The molecule has 6 nitrogen and oxygen atoms in total. The van der Waals surface area contributed by atoms with Crippen LogP contribution in [0.25, 0.3) is 0 Å². The van der Waals surface area contributed by atoms with Crippen molar-refractivity contribution in [3.05, 3.63) is 24.2 Å². The average Bonchev–Trinajstić information content (AvgIpc) is 2.79. The number of ether oxygens (including phenoxy) is 1. The third-order valence-electron chi connectivity index (χ3n) is 1.92. The van der Waals surface area contributed by atoms with Crippen LogP contribution in [0.3, 0.4) is 0 Å². The van der Waals surface area contributed by atoms with Crippen LogP contribution in [0.5, 0.6) is 0 Å². The Hall–Kier alpha value is -1.53. The Kier molecular flexibility index (Phi) is 5.38. The van der Waals surface area contributed by atoms with E-state index < -0.39 is 0 Å². The second kappa shape index (κ2) is 6.86. The highest BCUT2D eigenvalue weighted by Gasteiger charge is 2.16. The number of amides is 2. The Bertz CT molecular complexity index is 300. The Morgan fingerprint density at radius 2 is 2.50 bits per heavy atom. The predicted octanol–water partition coefficient (Wildman–Crippen LogP) is 0.259. The summed E-state index contributed by atoms with van der Waals surface area (Å²) in [4.78, 5) is 11.4. The van der Waals surface area contributed by atoms with Crippen LogP contribution in [0, 0.1) is 0 Å². The summed E-state index contributed by atoms with van der Waals surface area (Å²) < 4.78 is 10.2. The molecular formula is C10H16N2O4. The van der Waals surface area contributed by atoms with Crippen molar-refractivity contribution in [3.63, 3.8) is 0 Å². The highest BCUT2D eigenvalue weighted by molar-refractivity contribution is 5.74. The number of hydrogen-bond donors (Lipinski definition) is 3. The van der Waals surface area contributed by atoms with E-state index >= 15 is 0 Å². The van der Waals surface area contributed by atoms with Crippen LogP contribution in [-0.2, 0) is 4.74 Å². The fraction of sp³-hybridized carbons (Fsp3) is 0.500. The Balaban J connectivity index is 2.48. The Labute approximate surface area is 93.6 Å². The molecule has 1 atom stereocenters. The molecule has 1 aromatic heterocycles.